The molecule has 0 fully saturated rings. The van der Waals surface area contributed by atoms with E-state index in [-0.39, 0.29) is 12.1 Å². The van der Waals surface area contributed by atoms with Gasteiger partial charge in [-0.15, -0.1) is 0 Å². The Balaban J connectivity index is 2.58. The van der Waals surface area contributed by atoms with Crippen molar-refractivity contribution < 1.29 is 9.84 Å². The van der Waals surface area contributed by atoms with Crippen molar-refractivity contribution in [2.45, 2.75) is 39.0 Å². The first-order valence-corrected chi connectivity index (χ1v) is 6.14. The Hall–Kier alpha value is -0.770. The van der Waals surface area contributed by atoms with E-state index in [4.69, 9.17) is 16.3 Å². The average Bonchev–Trinajstić information content (AvgIpc) is 2.25. The molecule has 3 nitrogen and oxygen atoms in total. The molecule has 0 saturated heterocycles. The average molecular weight is 258 g/mol. The summed E-state index contributed by atoms with van der Waals surface area (Å²) in [6.07, 6.45) is 0.432. The number of hydrogen-bond donors (Lipinski definition) is 2. The molecule has 1 aromatic carbocycles. The van der Waals surface area contributed by atoms with Crippen LogP contribution in [-0.2, 0) is 6.54 Å². The number of hydrogen-bond acceptors (Lipinski definition) is 3. The number of nitrogens with one attached hydrogen (secondary N) is 1. The first-order chi connectivity index (χ1) is 8.02. The molecule has 0 bridgehead atoms. The van der Waals surface area contributed by atoms with E-state index in [1.807, 2.05) is 25.1 Å². The fourth-order valence-corrected chi connectivity index (χ4v) is 1.96. The first kappa shape index (κ1) is 14.3. The van der Waals surface area contributed by atoms with Crippen LogP contribution in [0.1, 0.15) is 25.8 Å². The van der Waals surface area contributed by atoms with Crippen molar-refractivity contribution in [3.05, 3.63) is 28.8 Å². The molecule has 2 atom stereocenters. The Morgan fingerprint density at radius 2 is 2.12 bits per heavy atom. The molecule has 17 heavy (non-hydrogen) atoms. The molecule has 0 saturated carbocycles. The van der Waals surface area contributed by atoms with E-state index in [1.165, 1.54) is 0 Å². The third kappa shape index (κ3) is 4.94. The van der Waals surface area contributed by atoms with E-state index in [1.54, 1.807) is 14.0 Å². The highest BCUT2D eigenvalue weighted by atomic mass is 35.5. The number of aliphatic hydroxyl groups is 1. The molecule has 4 heteroatoms. The Bertz CT molecular complexity index is 355. The van der Waals surface area contributed by atoms with Gasteiger partial charge in [0.2, 0.25) is 0 Å². The van der Waals surface area contributed by atoms with Gasteiger partial charge in [0.05, 0.1) is 13.2 Å². The van der Waals surface area contributed by atoms with Crippen molar-refractivity contribution in [2.75, 3.05) is 7.11 Å². The quantitative estimate of drug-likeness (QED) is 0.823. The minimum Gasteiger partial charge on any atom is -0.496 e. The van der Waals surface area contributed by atoms with Gasteiger partial charge in [-0.05, 0) is 38.5 Å². The van der Waals surface area contributed by atoms with Crippen molar-refractivity contribution in [3.8, 4) is 5.75 Å². The highest BCUT2D eigenvalue weighted by Gasteiger charge is 2.08. The fraction of sp³-hybridized carbons (Fsp3) is 0.538. The summed E-state index contributed by atoms with van der Waals surface area (Å²) in [6, 6.07) is 5.81. The predicted molar refractivity (Wildman–Crippen MR) is 70.6 cm³/mol. The number of rotatable bonds is 6. The molecule has 96 valence electrons. The summed E-state index contributed by atoms with van der Waals surface area (Å²) >= 11 is 5.95. The summed E-state index contributed by atoms with van der Waals surface area (Å²) in [5.41, 5.74) is 1.03. The van der Waals surface area contributed by atoms with Crippen LogP contribution >= 0.6 is 11.6 Å². The maximum Gasteiger partial charge on any atom is 0.123 e. The minimum absolute atomic E-state index is 0.249. The number of methoxy groups -OCH3 is 1. The zero-order chi connectivity index (χ0) is 12.8. The molecule has 0 aliphatic carbocycles. The Labute approximate surface area is 108 Å². The molecule has 2 unspecified atom stereocenters. The van der Waals surface area contributed by atoms with Gasteiger partial charge < -0.3 is 15.2 Å². The largest absolute Gasteiger partial charge is 0.496 e. The lowest BCUT2D eigenvalue weighted by atomic mass is 10.1. The normalized spacial score (nSPS) is 14.4. The predicted octanol–water partition coefficient (Wildman–Crippen LogP) is 2.60. The SMILES string of the molecule is COc1ccc(Cl)cc1CNC(C)CC(C)O. The summed E-state index contributed by atoms with van der Waals surface area (Å²) < 4.78 is 5.27. The van der Waals surface area contributed by atoms with Crippen molar-refractivity contribution in [3.63, 3.8) is 0 Å². The zero-order valence-corrected chi connectivity index (χ0v) is 11.3. The van der Waals surface area contributed by atoms with Gasteiger partial charge in [-0.25, -0.2) is 0 Å². The summed E-state index contributed by atoms with van der Waals surface area (Å²) in [5, 5.41) is 13.3. The van der Waals surface area contributed by atoms with Gasteiger partial charge in [0, 0.05) is 23.2 Å². The zero-order valence-electron chi connectivity index (χ0n) is 10.5. The van der Waals surface area contributed by atoms with Gasteiger partial charge in [-0.2, -0.15) is 0 Å². The second-order valence-corrected chi connectivity index (χ2v) is 4.76. The molecule has 0 aliphatic heterocycles. The molecule has 0 amide bonds. The molecule has 0 aliphatic rings. The molecule has 0 radical (unpaired) electrons. The van der Waals surface area contributed by atoms with Crippen LogP contribution < -0.4 is 10.1 Å². The number of benzene rings is 1. The third-order valence-corrected chi connectivity index (χ3v) is 2.81. The maximum atomic E-state index is 9.28. The second-order valence-electron chi connectivity index (χ2n) is 4.32. The highest BCUT2D eigenvalue weighted by molar-refractivity contribution is 6.30. The van der Waals surface area contributed by atoms with E-state index < -0.39 is 0 Å². The molecule has 0 heterocycles. The Morgan fingerprint density at radius 3 is 2.71 bits per heavy atom. The second kappa shape index (κ2) is 6.84. The van der Waals surface area contributed by atoms with E-state index in [2.05, 4.69) is 5.32 Å². The van der Waals surface area contributed by atoms with Gasteiger partial charge >= 0.3 is 0 Å². The standard InChI is InChI=1S/C13H20ClNO2/c1-9(6-10(2)16)15-8-11-7-12(14)4-5-13(11)17-3/h4-5,7,9-10,15-16H,6,8H2,1-3H3. The minimum atomic E-state index is -0.293. The van der Waals surface area contributed by atoms with Crippen molar-refractivity contribution >= 4 is 11.6 Å². The van der Waals surface area contributed by atoms with Gasteiger partial charge in [0.1, 0.15) is 5.75 Å². The number of halogens is 1. The molecule has 1 rings (SSSR count). The lowest BCUT2D eigenvalue weighted by Gasteiger charge is -2.16. The Kier molecular flexibility index (Phi) is 5.75. The number of aliphatic hydroxyl groups excluding tert-OH is 1. The third-order valence-electron chi connectivity index (χ3n) is 2.58. The summed E-state index contributed by atoms with van der Waals surface area (Å²) in [4.78, 5) is 0. The summed E-state index contributed by atoms with van der Waals surface area (Å²) in [6.45, 7) is 4.51. The fourth-order valence-electron chi connectivity index (χ4n) is 1.76. The monoisotopic (exact) mass is 257 g/mol. The molecule has 0 aromatic heterocycles. The molecule has 2 N–H and O–H groups in total. The van der Waals surface area contributed by atoms with E-state index in [0.717, 1.165) is 17.7 Å². The van der Waals surface area contributed by atoms with Crippen LogP contribution in [-0.4, -0.2) is 24.4 Å². The van der Waals surface area contributed by atoms with Crippen LogP contribution in [0.2, 0.25) is 5.02 Å². The van der Waals surface area contributed by atoms with Crippen LogP contribution in [0, 0.1) is 0 Å². The van der Waals surface area contributed by atoms with Gasteiger partial charge in [-0.3, -0.25) is 0 Å². The van der Waals surface area contributed by atoms with Crippen LogP contribution in [0.3, 0.4) is 0 Å². The van der Waals surface area contributed by atoms with E-state index in [9.17, 15) is 5.11 Å². The molecule has 0 spiro atoms. The van der Waals surface area contributed by atoms with Crippen molar-refractivity contribution in [1.29, 1.82) is 0 Å². The first-order valence-electron chi connectivity index (χ1n) is 5.76. The van der Waals surface area contributed by atoms with E-state index in [0.29, 0.717) is 11.6 Å². The molecular weight excluding hydrogens is 238 g/mol. The molecule has 1 aromatic rings. The lowest BCUT2D eigenvalue weighted by Crippen LogP contribution is -2.28. The van der Waals surface area contributed by atoms with Gasteiger partial charge in [-0.1, -0.05) is 11.6 Å². The highest BCUT2D eigenvalue weighted by Crippen LogP contribution is 2.22. The maximum absolute atomic E-state index is 9.28. The molecular formula is C13H20ClNO2. The number of ether oxygens (including phenoxy) is 1. The topological polar surface area (TPSA) is 41.5 Å². The van der Waals surface area contributed by atoms with E-state index >= 15 is 0 Å². The van der Waals surface area contributed by atoms with Gasteiger partial charge in [0.25, 0.3) is 0 Å². The van der Waals surface area contributed by atoms with Gasteiger partial charge in [0.15, 0.2) is 0 Å². The van der Waals surface area contributed by atoms with Crippen LogP contribution in [0.25, 0.3) is 0 Å². The van der Waals surface area contributed by atoms with Crippen molar-refractivity contribution in [2.24, 2.45) is 0 Å². The summed E-state index contributed by atoms with van der Waals surface area (Å²) in [7, 11) is 1.64. The lowest BCUT2D eigenvalue weighted by molar-refractivity contribution is 0.170. The van der Waals surface area contributed by atoms with Crippen molar-refractivity contribution in [1.82, 2.24) is 5.32 Å². The van der Waals surface area contributed by atoms with Crippen LogP contribution in [0.5, 0.6) is 5.75 Å². The van der Waals surface area contributed by atoms with Crippen LogP contribution in [0.4, 0.5) is 0 Å². The smallest absolute Gasteiger partial charge is 0.123 e. The van der Waals surface area contributed by atoms with Crippen LogP contribution in [0.15, 0.2) is 18.2 Å². The summed E-state index contributed by atoms with van der Waals surface area (Å²) in [5.74, 6) is 0.825. The Morgan fingerprint density at radius 1 is 1.41 bits per heavy atom.